The molecule has 3 aromatic rings. The molecule has 0 fully saturated rings. The highest BCUT2D eigenvalue weighted by molar-refractivity contribution is 7.12. The third kappa shape index (κ3) is 5.66. The zero-order valence-electron chi connectivity index (χ0n) is 16.8. The molecule has 3 rings (SSSR count). The van der Waals surface area contributed by atoms with Crippen LogP contribution in [-0.2, 0) is 13.2 Å². The summed E-state index contributed by atoms with van der Waals surface area (Å²) in [4.78, 5) is 20.2. The number of carbonyl (C=O) groups is 1. The number of hydrogen-bond donors (Lipinski definition) is 0. The van der Waals surface area contributed by atoms with Gasteiger partial charge in [-0.2, -0.15) is 0 Å². The Balaban J connectivity index is 1.65. The molecule has 0 atom stereocenters. The van der Waals surface area contributed by atoms with Crippen LogP contribution in [0, 0.1) is 19.8 Å². The van der Waals surface area contributed by atoms with Crippen molar-refractivity contribution >= 4 is 28.6 Å². The summed E-state index contributed by atoms with van der Waals surface area (Å²) in [5.74, 6) is 1.34. The number of benzene rings is 1. The molecule has 0 spiro atoms. The SMILES string of the molecule is Cc1cc(C)cc(OCc2nc(CN(CC(C)C)C(=O)c3cccs3)cs2)c1. The van der Waals surface area contributed by atoms with E-state index in [1.54, 1.807) is 11.3 Å². The smallest absolute Gasteiger partial charge is 0.264 e. The second-order valence-corrected chi connectivity index (χ2v) is 9.29. The van der Waals surface area contributed by atoms with Gasteiger partial charge in [0.15, 0.2) is 0 Å². The Bertz CT molecular complexity index is 896. The van der Waals surface area contributed by atoms with Crippen LogP contribution in [0.2, 0.25) is 0 Å². The van der Waals surface area contributed by atoms with E-state index in [9.17, 15) is 4.79 Å². The third-order valence-corrected chi connectivity index (χ3v) is 5.84. The second kappa shape index (κ2) is 9.34. The lowest BCUT2D eigenvalue weighted by atomic mass is 10.1. The summed E-state index contributed by atoms with van der Waals surface area (Å²) >= 11 is 3.06. The van der Waals surface area contributed by atoms with Crippen molar-refractivity contribution in [2.24, 2.45) is 5.92 Å². The number of carbonyl (C=O) groups excluding carboxylic acids is 1. The standard InChI is InChI=1S/C22H26N2O2S2/c1-15(2)11-24(22(25)20-6-5-7-27-20)12-18-14-28-21(23-18)13-26-19-9-16(3)8-17(4)10-19/h5-10,14-15H,11-13H2,1-4H3. The summed E-state index contributed by atoms with van der Waals surface area (Å²) in [7, 11) is 0. The van der Waals surface area contributed by atoms with Gasteiger partial charge in [0.1, 0.15) is 17.4 Å². The third-order valence-electron chi connectivity index (χ3n) is 4.11. The molecule has 1 amide bonds. The van der Waals surface area contributed by atoms with Crippen LogP contribution in [0.4, 0.5) is 0 Å². The van der Waals surface area contributed by atoms with Gasteiger partial charge in [-0.25, -0.2) is 4.98 Å². The minimum absolute atomic E-state index is 0.0738. The predicted molar refractivity (Wildman–Crippen MR) is 116 cm³/mol. The van der Waals surface area contributed by atoms with E-state index in [-0.39, 0.29) is 5.91 Å². The Labute approximate surface area is 174 Å². The number of amides is 1. The molecule has 0 aliphatic rings. The van der Waals surface area contributed by atoms with Crippen molar-refractivity contribution in [3.63, 3.8) is 0 Å². The van der Waals surface area contributed by atoms with Gasteiger partial charge < -0.3 is 9.64 Å². The van der Waals surface area contributed by atoms with Gasteiger partial charge in [0, 0.05) is 11.9 Å². The molecular weight excluding hydrogens is 388 g/mol. The van der Waals surface area contributed by atoms with Gasteiger partial charge >= 0.3 is 0 Å². The first-order valence-electron chi connectivity index (χ1n) is 9.38. The van der Waals surface area contributed by atoms with E-state index in [1.165, 1.54) is 22.5 Å². The Morgan fingerprint density at radius 1 is 1.18 bits per heavy atom. The Morgan fingerprint density at radius 3 is 2.57 bits per heavy atom. The van der Waals surface area contributed by atoms with Gasteiger partial charge in [-0.05, 0) is 54.5 Å². The largest absolute Gasteiger partial charge is 0.486 e. The fourth-order valence-electron chi connectivity index (χ4n) is 3.06. The zero-order chi connectivity index (χ0) is 20.1. The first kappa shape index (κ1) is 20.6. The minimum Gasteiger partial charge on any atom is -0.486 e. The highest BCUT2D eigenvalue weighted by Gasteiger charge is 2.19. The van der Waals surface area contributed by atoms with Crippen molar-refractivity contribution in [2.75, 3.05) is 6.54 Å². The fourth-order valence-corrected chi connectivity index (χ4v) is 4.45. The van der Waals surface area contributed by atoms with Crippen molar-refractivity contribution < 1.29 is 9.53 Å². The molecule has 2 heterocycles. The van der Waals surface area contributed by atoms with E-state index in [2.05, 4.69) is 38.7 Å². The van der Waals surface area contributed by atoms with Crippen LogP contribution in [0.5, 0.6) is 5.75 Å². The zero-order valence-corrected chi connectivity index (χ0v) is 18.4. The van der Waals surface area contributed by atoms with Crippen molar-refractivity contribution in [1.82, 2.24) is 9.88 Å². The van der Waals surface area contributed by atoms with Gasteiger partial charge in [-0.15, -0.1) is 22.7 Å². The van der Waals surface area contributed by atoms with E-state index in [4.69, 9.17) is 4.74 Å². The average Bonchev–Trinajstić information content (AvgIpc) is 3.29. The molecule has 0 N–H and O–H groups in total. The molecule has 148 valence electrons. The van der Waals surface area contributed by atoms with Gasteiger partial charge in [0.05, 0.1) is 17.1 Å². The molecule has 0 radical (unpaired) electrons. The quantitative estimate of drug-likeness (QED) is 0.475. The summed E-state index contributed by atoms with van der Waals surface area (Å²) < 4.78 is 5.91. The topological polar surface area (TPSA) is 42.4 Å². The fraction of sp³-hybridized carbons (Fsp3) is 0.364. The van der Waals surface area contributed by atoms with Crippen LogP contribution >= 0.6 is 22.7 Å². The van der Waals surface area contributed by atoms with E-state index in [0.717, 1.165) is 21.3 Å². The number of nitrogens with zero attached hydrogens (tertiary/aromatic N) is 2. The highest BCUT2D eigenvalue weighted by Crippen LogP contribution is 2.21. The Kier molecular flexibility index (Phi) is 6.86. The lowest BCUT2D eigenvalue weighted by Crippen LogP contribution is -2.33. The molecule has 0 aliphatic heterocycles. The van der Waals surface area contributed by atoms with E-state index in [0.29, 0.717) is 25.6 Å². The molecule has 2 aromatic heterocycles. The second-order valence-electron chi connectivity index (χ2n) is 7.40. The van der Waals surface area contributed by atoms with Gasteiger partial charge in [-0.3, -0.25) is 4.79 Å². The molecule has 28 heavy (non-hydrogen) atoms. The maximum absolute atomic E-state index is 12.8. The van der Waals surface area contributed by atoms with Crippen LogP contribution in [0.15, 0.2) is 41.1 Å². The summed E-state index contributed by atoms with van der Waals surface area (Å²) in [5.41, 5.74) is 3.28. The van der Waals surface area contributed by atoms with Crippen LogP contribution < -0.4 is 4.74 Å². The van der Waals surface area contributed by atoms with Crippen LogP contribution in [-0.4, -0.2) is 22.3 Å². The lowest BCUT2D eigenvalue weighted by molar-refractivity contribution is 0.0725. The summed E-state index contributed by atoms with van der Waals surface area (Å²) in [5, 5.41) is 4.88. The first-order valence-corrected chi connectivity index (χ1v) is 11.1. The first-order chi connectivity index (χ1) is 13.4. The van der Waals surface area contributed by atoms with Crippen molar-refractivity contribution in [3.05, 3.63) is 67.8 Å². The molecule has 0 saturated carbocycles. The number of rotatable bonds is 8. The molecule has 0 saturated heterocycles. The van der Waals surface area contributed by atoms with Crippen molar-refractivity contribution in [1.29, 1.82) is 0 Å². The summed E-state index contributed by atoms with van der Waals surface area (Å²) in [6, 6.07) is 9.99. The number of hydrogen-bond acceptors (Lipinski definition) is 5. The number of ether oxygens (including phenoxy) is 1. The van der Waals surface area contributed by atoms with E-state index in [1.807, 2.05) is 39.9 Å². The number of aromatic nitrogens is 1. The number of aryl methyl sites for hydroxylation is 2. The van der Waals surface area contributed by atoms with Crippen molar-refractivity contribution in [2.45, 2.75) is 40.8 Å². The number of thiazole rings is 1. The molecule has 0 unspecified atom stereocenters. The van der Waals surface area contributed by atoms with Crippen LogP contribution in [0.1, 0.15) is 45.3 Å². The Morgan fingerprint density at radius 2 is 1.93 bits per heavy atom. The Hall–Kier alpha value is -2.18. The molecule has 4 nitrogen and oxygen atoms in total. The highest BCUT2D eigenvalue weighted by atomic mass is 32.1. The molecule has 1 aromatic carbocycles. The summed E-state index contributed by atoms with van der Waals surface area (Å²) in [6.45, 7) is 10.1. The molecule has 6 heteroatoms. The lowest BCUT2D eigenvalue weighted by Gasteiger charge is -2.23. The normalized spacial score (nSPS) is 11.0. The van der Waals surface area contributed by atoms with Gasteiger partial charge in [0.2, 0.25) is 0 Å². The van der Waals surface area contributed by atoms with Crippen LogP contribution in [0.25, 0.3) is 0 Å². The molecular formula is C22H26N2O2S2. The van der Waals surface area contributed by atoms with Gasteiger partial charge in [0.25, 0.3) is 5.91 Å². The van der Waals surface area contributed by atoms with Crippen molar-refractivity contribution in [3.8, 4) is 5.75 Å². The summed E-state index contributed by atoms with van der Waals surface area (Å²) in [6.07, 6.45) is 0. The minimum atomic E-state index is 0.0738. The monoisotopic (exact) mass is 414 g/mol. The predicted octanol–water partition coefficient (Wildman–Crippen LogP) is 5.70. The van der Waals surface area contributed by atoms with Gasteiger partial charge in [-0.1, -0.05) is 26.0 Å². The average molecular weight is 415 g/mol. The van der Waals surface area contributed by atoms with Crippen LogP contribution in [0.3, 0.4) is 0 Å². The maximum Gasteiger partial charge on any atom is 0.264 e. The van der Waals surface area contributed by atoms with E-state index < -0.39 is 0 Å². The molecule has 0 aliphatic carbocycles. The maximum atomic E-state index is 12.8. The number of thiophene rings is 1. The van der Waals surface area contributed by atoms with E-state index >= 15 is 0 Å². The molecule has 0 bridgehead atoms.